The van der Waals surface area contributed by atoms with Crippen molar-refractivity contribution in [1.82, 2.24) is 0 Å². The van der Waals surface area contributed by atoms with E-state index in [9.17, 15) is 9.90 Å². The Kier molecular flexibility index (Phi) is 5.49. The molecule has 0 bridgehead atoms. The van der Waals surface area contributed by atoms with Crippen molar-refractivity contribution < 1.29 is 14.6 Å². The average Bonchev–Trinajstić information content (AvgIpc) is 2.38. The maximum atomic E-state index is 11.3. The van der Waals surface area contributed by atoms with Gasteiger partial charge in [0.2, 0.25) is 0 Å². The molecule has 1 rings (SSSR count). The van der Waals surface area contributed by atoms with Gasteiger partial charge in [-0.3, -0.25) is 0 Å². The van der Waals surface area contributed by atoms with E-state index in [4.69, 9.17) is 4.74 Å². The highest BCUT2D eigenvalue weighted by Crippen LogP contribution is 2.30. The Morgan fingerprint density at radius 1 is 1.39 bits per heavy atom. The van der Waals surface area contributed by atoms with Crippen LogP contribution in [0.25, 0.3) is 0 Å². The molecule has 0 heterocycles. The van der Waals surface area contributed by atoms with Gasteiger partial charge in [0.1, 0.15) is 11.8 Å². The second kappa shape index (κ2) is 6.89. The van der Waals surface area contributed by atoms with Crippen molar-refractivity contribution in [3.63, 3.8) is 0 Å². The third-order valence-electron chi connectivity index (χ3n) is 2.91. The molecule has 0 saturated carbocycles. The van der Waals surface area contributed by atoms with Crippen molar-refractivity contribution in [2.75, 3.05) is 18.6 Å². The van der Waals surface area contributed by atoms with Crippen LogP contribution in [0.4, 0.5) is 5.69 Å². The maximum absolute atomic E-state index is 11.3. The zero-order valence-corrected chi connectivity index (χ0v) is 11.2. The van der Waals surface area contributed by atoms with Gasteiger partial charge in [-0.25, -0.2) is 4.79 Å². The first-order valence-corrected chi connectivity index (χ1v) is 6.28. The van der Waals surface area contributed by atoms with Crippen molar-refractivity contribution in [2.24, 2.45) is 0 Å². The molecule has 0 aliphatic carbocycles. The molecular formula is C14H21NO3. The van der Waals surface area contributed by atoms with Gasteiger partial charge >= 0.3 is 5.97 Å². The molecule has 0 amide bonds. The van der Waals surface area contributed by atoms with Gasteiger partial charge in [0, 0.05) is 6.54 Å². The van der Waals surface area contributed by atoms with E-state index >= 15 is 0 Å². The van der Waals surface area contributed by atoms with E-state index < -0.39 is 12.0 Å². The molecule has 1 N–H and O–H groups in total. The molecule has 0 radical (unpaired) electrons. The number of nitrogens with zero attached hydrogens (tertiary/aromatic N) is 1. The van der Waals surface area contributed by atoms with E-state index in [1.807, 2.05) is 43.0 Å². The van der Waals surface area contributed by atoms with Crippen LogP contribution in [-0.4, -0.2) is 30.8 Å². The molecule has 4 heteroatoms. The number of carboxylic acid groups (broad SMARTS) is 1. The highest BCUT2D eigenvalue weighted by Gasteiger charge is 2.25. The number of hydrogen-bond donors (Lipinski definition) is 1. The fraction of sp³-hybridized carbons (Fsp3) is 0.500. The van der Waals surface area contributed by atoms with Gasteiger partial charge in [-0.15, -0.1) is 0 Å². The lowest BCUT2D eigenvalue weighted by atomic mass is 10.1. The normalized spacial score (nSPS) is 11.9. The topological polar surface area (TPSA) is 49.8 Å². The van der Waals surface area contributed by atoms with E-state index in [2.05, 4.69) is 0 Å². The number of carbonyl (C=O) groups is 1. The quantitative estimate of drug-likeness (QED) is 0.809. The number of para-hydroxylation sites is 2. The van der Waals surface area contributed by atoms with E-state index in [1.165, 1.54) is 0 Å². The molecule has 1 aromatic rings. The summed E-state index contributed by atoms with van der Waals surface area (Å²) < 4.78 is 5.31. The molecule has 0 aliphatic rings. The second-order valence-electron chi connectivity index (χ2n) is 4.13. The number of ether oxygens (including phenoxy) is 1. The van der Waals surface area contributed by atoms with Gasteiger partial charge in [0.25, 0.3) is 0 Å². The SMILES string of the molecule is CCCN(c1ccccc1OC)C(CC)C(=O)O. The summed E-state index contributed by atoms with van der Waals surface area (Å²) in [4.78, 5) is 13.2. The first kappa shape index (κ1) is 14.4. The molecule has 0 saturated heterocycles. The summed E-state index contributed by atoms with van der Waals surface area (Å²) in [5, 5.41) is 9.31. The molecular weight excluding hydrogens is 230 g/mol. The fourth-order valence-corrected chi connectivity index (χ4v) is 2.08. The molecule has 0 spiro atoms. The molecule has 1 aromatic carbocycles. The van der Waals surface area contributed by atoms with E-state index in [-0.39, 0.29) is 0 Å². The number of aliphatic carboxylic acids is 1. The lowest BCUT2D eigenvalue weighted by Gasteiger charge is -2.31. The van der Waals surface area contributed by atoms with Crippen molar-refractivity contribution in [1.29, 1.82) is 0 Å². The Labute approximate surface area is 108 Å². The van der Waals surface area contributed by atoms with Crippen molar-refractivity contribution in [3.8, 4) is 5.75 Å². The zero-order valence-electron chi connectivity index (χ0n) is 11.2. The first-order chi connectivity index (χ1) is 8.65. The second-order valence-corrected chi connectivity index (χ2v) is 4.13. The summed E-state index contributed by atoms with van der Waals surface area (Å²) in [6.07, 6.45) is 1.45. The fourth-order valence-electron chi connectivity index (χ4n) is 2.08. The standard InChI is InChI=1S/C14H21NO3/c1-4-10-15(11(5-2)14(16)17)12-8-6-7-9-13(12)18-3/h6-9,11H,4-5,10H2,1-3H3,(H,16,17). The number of rotatable bonds is 7. The third kappa shape index (κ3) is 3.15. The minimum atomic E-state index is -0.795. The van der Waals surface area contributed by atoms with Crippen LogP contribution >= 0.6 is 0 Å². The molecule has 0 aromatic heterocycles. The van der Waals surface area contributed by atoms with Gasteiger partial charge in [0.15, 0.2) is 0 Å². The Hall–Kier alpha value is -1.71. The van der Waals surface area contributed by atoms with Crippen LogP contribution in [0.3, 0.4) is 0 Å². The maximum Gasteiger partial charge on any atom is 0.326 e. The predicted molar refractivity (Wildman–Crippen MR) is 72.3 cm³/mol. The van der Waals surface area contributed by atoms with Gasteiger partial charge < -0.3 is 14.7 Å². The monoisotopic (exact) mass is 251 g/mol. The molecule has 4 nitrogen and oxygen atoms in total. The van der Waals surface area contributed by atoms with Crippen LogP contribution in [0, 0.1) is 0 Å². The minimum absolute atomic E-state index is 0.513. The van der Waals surface area contributed by atoms with Crippen LogP contribution in [0.5, 0.6) is 5.75 Å². The average molecular weight is 251 g/mol. The van der Waals surface area contributed by atoms with Crippen LogP contribution in [0.15, 0.2) is 24.3 Å². The van der Waals surface area contributed by atoms with Crippen LogP contribution < -0.4 is 9.64 Å². The van der Waals surface area contributed by atoms with E-state index in [0.29, 0.717) is 18.7 Å². The van der Waals surface area contributed by atoms with Crippen LogP contribution in [0.2, 0.25) is 0 Å². The lowest BCUT2D eigenvalue weighted by molar-refractivity contribution is -0.138. The number of hydrogen-bond acceptors (Lipinski definition) is 3. The van der Waals surface area contributed by atoms with E-state index in [1.54, 1.807) is 7.11 Å². The molecule has 18 heavy (non-hydrogen) atoms. The Morgan fingerprint density at radius 2 is 2.06 bits per heavy atom. The molecule has 1 unspecified atom stereocenters. The number of anilines is 1. The van der Waals surface area contributed by atoms with Crippen LogP contribution in [-0.2, 0) is 4.79 Å². The van der Waals surface area contributed by atoms with Crippen molar-refractivity contribution in [3.05, 3.63) is 24.3 Å². The third-order valence-corrected chi connectivity index (χ3v) is 2.91. The Morgan fingerprint density at radius 3 is 2.56 bits per heavy atom. The minimum Gasteiger partial charge on any atom is -0.495 e. The van der Waals surface area contributed by atoms with Gasteiger partial charge in [0.05, 0.1) is 12.8 Å². The summed E-state index contributed by atoms with van der Waals surface area (Å²) in [6.45, 7) is 4.62. The molecule has 100 valence electrons. The van der Waals surface area contributed by atoms with Crippen molar-refractivity contribution >= 4 is 11.7 Å². The molecule has 1 atom stereocenters. The largest absolute Gasteiger partial charge is 0.495 e. The number of methoxy groups -OCH3 is 1. The number of benzene rings is 1. The van der Waals surface area contributed by atoms with Gasteiger partial charge in [-0.1, -0.05) is 26.0 Å². The first-order valence-electron chi connectivity index (χ1n) is 6.28. The highest BCUT2D eigenvalue weighted by molar-refractivity contribution is 5.79. The number of carboxylic acids is 1. The molecule has 0 aliphatic heterocycles. The zero-order chi connectivity index (χ0) is 13.5. The van der Waals surface area contributed by atoms with Crippen molar-refractivity contribution in [2.45, 2.75) is 32.7 Å². The summed E-state index contributed by atoms with van der Waals surface area (Å²) in [7, 11) is 1.60. The summed E-state index contributed by atoms with van der Waals surface area (Å²) in [5.41, 5.74) is 0.844. The summed E-state index contributed by atoms with van der Waals surface area (Å²) in [5.74, 6) is -0.0810. The highest BCUT2D eigenvalue weighted by atomic mass is 16.5. The predicted octanol–water partition coefficient (Wildman–Crippen LogP) is 2.77. The van der Waals surface area contributed by atoms with Gasteiger partial charge in [-0.2, -0.15) is 0 Å². The molecule has 0 fully saturated rings. The summed E-state index contributed by atoms with van der Waals surface area (Å²) >= 11 is 0. The smallest absolute Gasteiger partial charge is 0.326 e. The van der Waals surface area contributed by atoms with Crippen LogP contribution in [0.1, 0.15) is 26.7 Å². The van der Waals surface area contributed by atoms with Gasteiger partial charge in [-0.05, 0) is 25.0 Å². The Bertz CT molecular complexity index is 392. The van der Waals surface area contributed by atoms with E-state index in [0.717, 1.165) is 12.1 Å². The summed E-state index contributed by atoms with van der Waals surface area (Å²) in [6, 6.07) is 7.02. The Balaban J connectivity index is 3.13. The lowest BCUT2D eigenvalue weighted by Crippen LogP contribution is -2.41.